The number of hydrogen-bond donors (Lipinski definition) is 1. The molecule has 0 saturated carbocycles. The molecule has 0 saturated heterocycles. The maximum atomic E-state index is 5.15. The third-order valence-electron chi connectivity index (χ3n) is 1.87. The Bertz CT molecular complexity index is 299. The fraction of sp³-hybridized carbons (Fsp3) is 0.455. The van der Waals surface area contributed by atoms with Gasteiger partial charge in [-0.05, 0) is 40.0 Å². The summed E-state index contributed by atoms with van der Waals surface area (Å²) in [6, 6.07) is 6.00. The molecule has 0 aromatic heterocycles. The van der Waals surface area contributed by atoms with Crippen LogP contribution in [0.25, 0.3) is 0 Å². The highest BCUT2D eigenvalue weighted by molar-refractivity contribution is 9.10. The van der Waals surface area contributed by atoms with Crippen LogP contribution in [0.4, 0.5) is 5.69 Å². The lowest BCUT2D eigenvalue weighted by atomic mass is 10.2. The molecule has 0 heterocycles. The van der Waals surface area contributed by atoms with Crippen LogP contribution in [0.15, 0.2) is 22.7 Å². The van der Waals surface area contributed by atoms with E-state index in [9.17, 15) is 0 Å². The molecule has 0 bridgehead atoms. The van der Waals surface area contributed by atoms with Gasteiger partial charge in [0.2, 0.25) is 0 Å². The van der Waals surface area contributed by atoms with Crippen molar-refractivity contribution in [2.45, 2.75) is 13.8 Å². The Balaban J connectivity index is 2.66. The highest BCUT2D eigenvalue weighted by Crippen LogP contribution is 2.27. The summed E-state index contributed by atoms with van der Waals surface area (Å²) in [6.45, 7) is 5.36. The van der Waals surface area contributed by atoms with Crippen molar-refractivity contribution in [1.82, 2.24) is 0 Å². The van der Waals surface area contributed by atoms with Crippen LogP contribution < -0.4 is 10.1 Å². The molecule has 0 aliphatic carbocycles. The molecule has 0 spiro atoms. The fourth-order valence-electron chi connectivity index (χ4n) is 1.10. The topological polar surface area (TPSA) is 21.3 Å². The quantitative estimate of drug-likeness (QED) is 0.892. The number of benzene rings is 1. The lowest BCUT2D eigenvalue weighted by Gasteiger charge is -2.10. The maximum Gasteiger partial charge on any atom is 0.133 e. The van der Waals surface area contributed by atoms with Crippen molar-refractivity contribution in [1.29, 1.82) is 0 Å². The highest BCUT2D eigenvalue weighted by Gasteiger charge is 2.01. The molecule has 78 valence electrons. The Morgan fingerprint density at radius 3 is 2.64 bits per heavy atom. The van der Waals surface area contributed by atoms with Crippen LogP contribution in [0, 0.1) is 5.92 Å². The van der Waals surface area contributed by atoms with Crippen molar-refractivity contribution in [3.05, 3.63) is 22.7 Å². The van der Waals surface area contributed by atoms with Crippen LogP contribution >= 0.6 is 15.9 Å². The Labute approximate surface area is 93.8 Å². The molecule has 1 rings (SSSR count). The first-order chi connectivity index (χ1) is 6.63. The van der Waals surface area contributed by atoms with Crippen LogP contribution in [-0.4, -0.2) is 13.7 Å². The summed E-state index contributed by atoms with van der Waals surface area (Å²) in [6.07, 6.45) is 0. The van der Waals surface area contributed by atoms with Crippen molar-refractivity contribution in [3.63, 3.8) is 0 Å². The van der Waals surface area contributed by atoms with Crippen molar-refractivity contribution in [2.24, 2.45) is 5.92 Å². The van der Waals surface area contributed by atoms with Gasteiger partial charge in [0.15, 0.2) is 0 Å². The normalized spacial score (nSPS) is 10.4. The van der Waals surface area contributed by atoms with Gasteiger partial charge in [0, 0.05) is 12.2 Å². The third-order valence-corrected chi connectivity index (χ3v) is 2.49. The summed E-state index contributed by atoms with van der Waals surface area (Å²) in [4.78, 5) is 0. The molecule has 1 aromatic rings. The average molecular weight is 258 g/mol. The summed E-state index contributed by atoms with van der Waals surface area (Å²) in [5.41, 5.74) is 1.12. The number of anilines is 1. The Hall–Kier alpha value is -0.700. The standard InChI is InChI=1S/C11H16BrNO/c1-8(2)7-13-9-4-5-11(14-3)10(12)6-9/h4-6,8,13H,7H2,1-3H3. The Morgan fingerprint density at radius 2 is 2.14 bits per heavy atom. The summed E-state index contributed by atoms with van der Waals surface area (Å²) in [5.74, 6) is 1.51. The molecule has 3 heteroatoms. The second-order valence-corrected chi connectivity index (χ2v) is 4.48. The zero-order valence-corrected chi connectivity index (χ0v) is 10.4. The number of hydrogen-bond acceptors (Lipinski definition) is 2. The summed E-state index contributed by atoms with van der Waals surface area (Å²) < 4.78 is 6.13. The number of methoxy groups -OCH3 is 1. The predicted octanol–water partition coefficient (Wildman–Crippen LogP) is 3.53. The van der Waals surface area contributed by atoms with Gasteiger partial charge in [0.05, 0.1) is 11.6 Å². The Kier molecular flexibility index (Phi) is 4.26. The number of rotatable bonds is 4. The SMILES string of the molecule is COc1ccc(NCC(C)C)cc1Br. The molecular formula is C11H16BrNO. The van der Waals surface area contributed by atoms with E-state index in [2.05, 4.69) is 35.1 Å². The Morgan fingerprint density at radius 1 is 1.43 bits per heavy atom. The van der Waals surface area contributed by atoms with Crippen molar-refractivity contribution in [3.8, 4) is 5.75 Å². The first kappa shape index (κ1) is 11.4. The number of nitrogens with one attached hydrogen (secondary N) is 1. The van der Waals surface area contributed by atoms with E-state index in [1.54, 1.807) is 7.11 Å². The smallest absolute Gasteiger partial charge is 0.133 e. The van der Waals surface area contributed by atoms with E-state index in [-0.39, 0.29) is 0 Å². The van der Waals surface area contributed by atoms with Crippen LogP contribution in [-0.2, 0) is 0 Å². The van der Waals surface area contributed by atoms with E-state index in [1.165, 1.54) is 0 Å². The minimum absolute atomic E-state index is 0.649. The van der Waals surface area contributed by atoms with Crippen molar-refractivity contribution >= 4 is 21.6 Å². The van der Waals surface area contributed by atoms with E-state index in [0.29, 0.717) is 5.92 Å². The first-order valence-electron chi connectivity index (χ1n) is 4.71. The highest BCUT2D eigenvalue weighted by atomic mass is 79.9. The van der Waals surface area contributed by atoms with Crippen molar-refractivity contribution < 1.29 is 4.74 Å². The maximum absolute atomic E-state index is 5.15. The zero-order chi connectivity index (χ0) is 10.6. The molecular weight excluding hydrogens is 242 g/mol. The zero-order valence-electron chi connectivity index (χ0n) is 8.80. The molecule has 0 aliphatic rings. The molecule has 2 nitrogen and oxygen atoms in total. The largest absolute Gasteiger partial charge is 0.496 e. The molecule has 0 unspecified atom stereocenters. The molecule has 14 heavy (non-hydrogen) atoms. The minimum atomic E-state index is 0.649. The molecule has 0 radical (unpaired) electrons. The number of ether oxygens (including phenoxy) is 1. The minimum Gasteiger partial charge on any atom is -0.496 e. The molecule has 1 N–H and O–H groups in total. The fourth-order valence-corrected chi connectivity index (χ4v) is 1.64. The van der Waals surface area contributed by atoms with Crippen LogP contribution in [0.1, 0.15) is 13.8 Å². The summed E-state index contributed by atoms with van der Waals surface area (Å²) in [5, 5.41) is 3.35. The first-order valence-corrected chi connectivity index (χ1v) is 5.50. The van der Waals surface area contributed by atoms with Crippen LogP contribution in [0.3, 0.4) is 0 Å². The van der Waals surface area contributed by atoms with Gasteiger partial charge in [0.1, 0.15) is 5.75 Å². The van der Waals surface area contributed by atoms with Gasteiger partial charge in [-0.2, -0.15) is 0 Å². The molecule has 0 aliphatic heterocycles. The van der Waals surface area contributed by atoms with Gasteiger partial charge in [0.25, 0.3) is 0 Å². The van der Waals surface area contributed by atoms with Gasteiger partial charge in [-0.3, -0.25) is 0 Å². The van der Waals surface area contributed by atoms with E-state index in [1.807, 2.05) is 18.2 Å². The third kappa shape index (κ3) is 3.22. The molecule has 0 atom stereocenters. The van der Waals surface area contributed by atoms with E-state index in [4.69, 9.17) is 4.74 Å². The van der Waals surface area contributed by atoms with Crippen LogP contribution in [0.5, 0.6) is 5.75 Å². The van der Waals surface area contributed by atoms with E-state index in [0.717, 1.165) is 22.5 Å². The summed E-state index contributed by atoms with van der Waals surface area (Å²) in [7, 11) is 1.67. The molecule has 0 fully saturated rings. The second-order valence-electron chi connectivity index (χ2n) is 3.62. The van der Waals surface area contributed by atoms with Crippen LogP contribution in [0.2, 0.25) is 0 Å². The van der Waals surface area contributed by atoms with Gasteiger partial charge in [-0.15, -0.1) is 0 Å². The van der Waals surface area contributed by atoms with Gasteiger partial charge in [-0.1, -0.05) is 13.8 Å². The average Bonchev–Trinajstić information content (AvgIpc) is 2.15. The van der Waals surface area contributed by atoms with Gasteiger partial charge < -0.3 is 10.1 Å². The second kappa shape index (κ2) is 5.25. The van der Waals surface area contributed by atoms with E-state index >= 15 is 0 Å². The van der Waals surface area contributed by atoms with Gasteiger partial charge >= 0.3 is 0 Å². The van der Waals surface area contributed by atoms with Gasteiger partial charge in [-0.25, -0.2) is 0 Å². The van der Waals surface area contributed by atoms with Crippen molar-refractivity contribution in [2.75, 3.05) is 19.0 Å². The lowest BCUT2D eigenvalue weighted by molar-refractivity contribution is 0.412. The lowest BCUT2D eigenvalue weighted by Crippen LogP contribution is -2.07. The summed E-state index contributed by atoms with van der Waals surface area (Å²) >= 11 is 3.45. The molecule has 0 amide bonds. The predicted molar refractivity (Wildman–Crippen MR) is 64.0 cm³/mol. The number of halogens is 1. The molecule has 1 aromatic carbocycles. The van der Waals surface area contributed by atoms with E-state index < -0.39 is 0 Å². The monoisotopic (exact) mass is 257 g/mol.